The number of nitrogens with zero attached hydrogens (tertiary/aromatic N) is 2. The molecule has 108 valence electrons. The highest BCUT2D eigenvalue weighted by Gasteiger charge is 2.29. The Morgan fingerprint density at radius 2 is 2.10 bits per heavy atom. The zero-order valence-electron chi connectivity index (χ0n) is 11.5. The quantitative estimate of drug-likeness (QED) is 0.823. The predicted octanol–water partition coefficient (Wildman–Crippen LogP) is 1.43. The highest BCUT2D eigenvalue weighted by molar-refractivity contribution is 6.33. The summed E-state index contributed by atoms with van der Waals surface area (Å²) in [6.45, 7) is 4.03. The molecule has 1 amide bonds. The summed E-state index contributed by atoms with van der Waals surface area (Å²) in [6, 6.07) is 3.17. The number of rotatable bonds is 1. The predicted molar refractivity (Wildman–Crippen MR) is 81.3 cm³/mol. The van der Waals surface area contributed by atoms with E-state index in [-0.39, 0.29) is 5.91 Å². The van der Waals surface area contributed by atoms with Gasteiger partial charge in [0, 0.05) is 30.9 Å². The van der Waals surface area contributed by atoms with E-state index in [9.17, 15) is 4.79 Å². The molecule has 0 bridgehead atoms. The van der Waals surface area contributed by atoms with Crippen molar-refractivity contribution in [2.24, 2.45) is 5.73 Å². The summed E-state index contributed by atoms with van der Waals surface area (Å²) in [6.07, 6.45) is 1.11. The molecule has 0 saturated carbocycles. The average Bonchev–Trinajstić information content (AvgIpc) is 2.60. The lowest BCUT2D eigenvalue weighted by atomic mass is 10.1. The maximum Gasteiger partial charge on any atom is 0.245 e. The van der Waals surface area contributed by atoms with Crippen molar-refractivity contribution in [3.63, 3.8) is 0 Å². The summed E-state index contributed by atoms with van der Waals surface area (Å²) < 4.78 is 0. The van der Waals surface area contributed by atoms with Gasteiger partial charge < -0.3 is 20.9 Å². The number of carbonyl (C=O) groups is 1. The first-order chi connectivity index (χ1) is 9.56. The summed E-state index contributed by atoms with van der Waals surface area (Å²) in [5.41, 5.74) is 8.40. The SMILES string of the molecule is CN1CCCN(c2cc3c(cc2Cl)C(N)C(=O)N3)CC1. The van der Waals surface area contributed by atoms with Gasteiger partial charge in [-0.15, -0.1) is 0 Å². The molecule has 3 N–H and O–H groups in total. The third kappa shape index (κ3) is 2.37. The zero-order chi connectivity index (χ0) is 14.3. The van der Waals surface area contributed by atoms with Crippen molar-refractivity contribution in [1.82, 2.24) is 4.90 Å². The van der Waals surface area contributed by atoms with E-state index in [4.69, 9.17) is 17.3 Å². The Balaban J connectivity index is 1.91. The number of halogens is 1. The maximum atomic E-state index is 11.6. The van der Waals surface area contributed by atoms with Crippen LogP contribution in [0.25, 0.3) is 0 Å². The lowest BCUT2D eigenvalue weighted by Crippen LogP contribution is -2.29. The molecule has 5 nitrogen and oxygen atoms in total. The number of benzene rings is 1. The van der Waals surface area contributed by atoms with Crippen LogP contribution in [0.15, 0.2) is 12.1 Å². The molecule has 3 rings (SSSR count). The van der Waals surface area contributed by atoms with Crippen LogP contribution < -0.4 is 16.0 Å². The molecule has 0 aliphatic carbocycles. The van der Waals surface area contributed by atoms with Crippen molar-refractivity contribution in [1.29, 1.82) is 0 Å². The van der Waals surface area contributed by atoms with E-state index >= 15 is 0 Å². The molecule has 0 spiro atoms. The number of fused-ring (bicyclic) bond motifs is 1. The molecule has 2 aliphatic rings. The second-order valence-corrected chi connectivity index (χ2v) is 5.91. The standard InChI is InChI=1S/C14H19ClN4O/c1-18-3-2-4-19(6-5-18)12-8-11-9(7-10(12)15)13(16)14(20)17-11/h7-8,13H,2-6,16H2,1H3,(H,17,20). The highest BCUT2D eigenvalue weighted by atomic mass is 35.5. The molecular formula is C14H19ClN4O. The van der Waals surface area contributed by atoms with E-state index in [0.717, 1.165) is 49.5 Å². The molecule has 2 heterocycles. The molecule has 1 aromatic carbocycles. The van der Waals surface area contributed by atoms with Crippen molar-refractivity contribution in [3.05, 3.63) is 22.7 Å². The van der Waals surface area contributed by atoms with Crippen molar-refractivity contribution in [3.8, 4) is 0 Å². The van der Waals surface area contributed by atoms with Crippen LogP contribution in [-0.4, -0.2) is 44.0 Å². The van der Waals surface area contributed by atoms with Crippen LogP contribution in [0.5, 0.6) is 0 Å². The second kappa shape index (κ2) is 5.24. The van der Waals surface area contributed by atoms with E-state index in [2.05, 4.69) is 22.2 Å². The Morgan fingerprint density at radius 3 is 2.90 bits per heavy atom. The summed E-state index contributed by atoms with van der Waals surface area (Å²) in [7, 11) is 2.13. The van der Waals surface area contributed by atoms with Crippen molar-refractivity contribution in [2.75, 3.05) is 43.4 Å². The minimum atomic E-state index is -0.605. The van der Waals surface area contributed by atoms with Crippen LogP contribution in [0.3, 0.4) is 0 Å². The number of likely N-dealkylation sites (N-methyl/N-ethyl adjacent to an activating group) is 1. The second-order valence-electron chi connectivity index (χ2n) is 5.50. The van der Waals surface area contributed by atoms with E-state index < -0.39 is 6.04 Å². The van der Waals surface area contributed by atoms with E-state index in [1.165, 1.54) is 0 Å². The molecule has 1 aromatic rings. The topological polar surface area (TPSA) is 61.6 Å². The van der Waals surface area contributed by atoms with Crippen molar-refractivity contribution < 1.29 is 4.79 Å². The van der Waals surface area contributed by atoms with Gasteiger partial charge in [-0.25, -0.2) is 0 Å². The largest absolute Gasteiger partial charge is 0.369 e. The highest BCUT2D eigenvalue weighted by Crippen LogP contribution is 2.38. The van der Waals surface area contributed by atoms with Gasteiger partial charge in [0.05, 0.1) is 10.7 Å². The molecule has 6 heteroatoms. The van der Waals surface area contributed by atoms with Gasteiger partial charge in [-0.1, -0.05) is 11.6 Å². The van der Waals surface area contributed by atoms with E-state index in [1.807, 2.05) is 12.1 Å². The van der Waals surface area contributed by atoms with Gasteiger partial charge in [-0.3, -0.25) is 4.79 Å². The number of nitrogens with one attached hydrogen (secondary N) is 1. The van der Waals surface area contributed by atoms with Gasteiger partial charge in [0.15, 0.2) is 0 Å². The molecule has 1 saturated heterocycles. The minimum Gasteiger partial charge on any atom is -0.369 e. The lowest BCUT2D eigenvalue weighted by molar-refractivity contribution is -0.116. The Hall–Kier alpha value is -1.30. The number of hydrogen-bond donors (Lipinski definition) is 2. The monoisotopic (exact) mass is 294 g/mol. The summed E-state index contributed by atoms with van der Waals surface area (Å²) in [5, 5.41) is 3.49. The van der Waals surface area contributed by atoms with Gasteiger partial charge >= 0.3 is 0 Å². The number of carbonyl (C=O) groups excluding carboxylic acids is 1. The molecule has 1 fully saturated rings. The Bertz CT molecular complexity index is 548. The van der Waals surface area contributed by atoms with E-state index in [1.54, 1.807) is 0 Å². The fourth-order valence-electron chi connectivity index (χ4n) is 2.82. The zero-order valence-corrected chi connectivity index (χ0v) is 12.3. The Labute approximate surface area is 123 Å². The van der Waals surface area contributed by atoms with Crippen molar-refractivity contribution >= 4 is 28.9 Å². The van der Waals surface area contributed by atoms with Crippen LogP contribution in [0.4, 0.5) is 11.4 Å². The van der Waals surface area contributed by atoms with Gasteiger partial charge in [0.1, 0.15) is 6.04 Å². The molecule has 2 aliphatic heterocycles. The number of nitrogens with two attached hydrogens (primary N) is 1. The maximum absolute atomic E-state index is 11.6. The Morgan fingerprint density at radius 1 is 1.30 bits per heavy atom. The van der Waals surface area contributed by atoms with Crippen LogP contribution in [0.1, 0.15) is 18.0 Å². The summed E-state index contributed by atoms with van der Waals surface area (Å²) in [5.74, 6) is -0.163. The number of amides is 1. The number of hydrogen-bond acceptors (Lipinski definition) is 4. The molecule has 0 aromatic heterocycles. The van der Waals surface area contributed by atoms with Crippen LogP contribution >= 0.6 is 11.6 Å². The van der Waals surface area contributed by atoms with Crippen LogP contribution in [0, 0.1) is 0 Å². The third-order valence-corrected chi connectivity index (χ3v) is 4.36. The fourth-order valence-corrected chi connectivity index (χ4v) is 3.12. The molecule has 1 unspecified atom stereocenters. The van der Waals surface area contributed by atoms with Gasteiger partial charge in [-0.05, 0) is 32.1 Å². The minimum absolute atomic E-state index is 0.163. The van der Waals surface area contributed by atoms with Crippen molar-refractivity contribution in [2.45, 2.75) is 12.5 Å². The summed E-state index contributed by atoms with van der Waals surface area (Å²) in [4.78, 5) is 16.2. The lowest BCUT2D eigenvalue weighted by Gasteiger charge is -2.24. The Kier molecular flexibility index (Phi) is 3.58. The molecular weight excluding hydrogens is 276 g/mol. The third-order valence-electron chi connectivity index (χ3n) is 4.05. The molecule has 1 atom stereocenters. The van der Waals surface area contributed by atoms with E-state index in [0.29, 0.717) is 5.02 Å². The molecule has 20 heavy (non-hydrogen) atoms. The fraction of sp³-hybridized carbons (Fsp3) is 0.500. The summed E-state index contributed by atoms with van der Waals surface area (Å²) >= 11 is 6.39. The number of anilines is 2. The van der Waals surface area contributed by atoms with Gasteiger partial charge in [0.25, 0.3) is 0 Å². The first-order valence-electron chi connectivity index (χ1n) is 6.89. The first kappa shape index (κ1) is 13.7. The normalized spacial score (nSPS) is 23.4. The van der Waals surface area contributed by atoms with Crippen LogP contribution in [-0.2, 0) is 4.79 Å². The molecule has 0 radical (unpaired) electrons. The van der Waals surface area contributed by atoms with Gasteiger partial charge in [-0.2, -0.15) is 0 Å². The van der Waals surface area contributed by atoms with Crippen LogP contribution in [0.2, 0.25) is 5.02 Å². The van der Waals surface area contributed by atoms with Gasteiger partial charge in [0.2, 0.25) is 5.91 Å². The first-order valence-corrected chi connectivity index (χ1v) is 7.27. The average molecular weight is 295 g/mol. The smallest absolute Gasteiger partial charge is 0.245 e.